The lowest BCUT2D eigenvalue weighted by Gasteiger charge is -2.11. The summed E-state index contributed by atoms with van der Waals surface area (Å²) in [6.45, 7) is 7.17. The predicted octanol–water partition coefficient (Wildman–Crippen LogP) is 6.10. The quantitative estimate of drug-likeness (QED) is 0.471. The molecule has 2 atom stereocenters. The Morgan fingerprint density at radius 3 is 2.00 bits per heavy atom. The molecule has 22 heavy (non-hydrogen) atoms. The molecule has 0 aliphatic heterocycles. The van der Waals surface area contributed by atoms with Crippen LogP contribution in [0.1, 0.15) is 38.3 Å². The number of halogens is 5. The highest BCUT2D eigenvalue weighted by Gasteiger charge is 2.29. The van der Waals surface area contributed by atoms with E-state index in [1.807, 2.05) is 6.92 Å². The van der Waals surface area contributed by atoms with Crippen molar-refractivity contribution in [3.8, 4) is 0 Å². The summed E-state index contributed by atoms with van der Waals surface area (Å²) in [5.74, 6) is 1.17. The van der Waals surface area contributed by atoms with E-state index in [9.17, 15) is 13.2 Å². The first-order valence-corrected chi connectivity index (χ1v) is 7.84. The van der Waals surface area contributed by atoms with E-state index in [0.717, 1.165) is 24.8 Å². The van der Waals surface area contributed by atoms with Crippen LogP contribution in [0.25, 0.3) is 0 Å². The van der Waals surface area contributed by atoms with Crippen molar-refractivity contribution < 1.29 is 18.0 Å². The number of aryl methyl sites for hydroxylation is 1. The van der Waals surface area contributed by atoms with E-state index in [1.165, 1.54) is 13.0 Å². The van der Waals surface area contributed by atoms with Crippen molar-refractivity contribution in [2.45, 2.75) is 45.7 Å². The number of carbonyl (C=O) groups excluding carboxylic acids is 1. The van der Waals surface area contributed by atoms with Crippen molar-refractivity contribution in [1.29, 1.82) is 0 Å². The van der Waals surface area contributed by atoms with Crippen molar-refractivity contribution in [3.63, 3.8) is 0 Å². The largest absolute Gasteiger partial charge is 0.416 e. The standard InChI is InChI=1S/C8H7F3.C6H12Cl2.C2H4O/c1-6-3-2-4-7(5-6)8(9,10)11;1-3-6(4-7)5(2)8;1-2-3/h2-5H,1H3;5-6H,3-4H2,1-2H3;2H,1H3. The second kappa shape index (κ2) is 12.8. The summed E-state index contributed by atoms with van der Waals surface area (Å²) in [5, 5.41) is 0.220. The van der Waals surface area contributed by atoms with Gasteiger partial charge in [0.2, 0.25) is 0 Å². The lowest BCUT2D eigenvalue weighted by molar-refractivity contribution is -0.137. The summed E-state index contributed by atoms with van der Waals surface area (Å²) in [6, 6.07) is 5.22. The van der Waals surface area contributed by atoms with Crippen molar-refractivity contribution in [2.24, 2.45) is 5.92 Å². The average Bonchev–Trinajstić information content (AvgIpc) is 2.40. The van der Waals surface area contributed by atoms with Crippen molar-refractivity contribution in [3.05, 3.63) is 35.4 Å². The number of hydrogen-bond donors (Lipinski definition) is 0. The molecule has 0 bridgehead atoms. The van der Waals surface area contributed by atoms with Crippen LogP contribution in [0.5, 0.6) is 0 Å². The molecule has 0 aliphatic rings. The third-order valence-electron chi connectivity index (χ3n) is 2.72. The van der Waals surface area contributed by atoms with Gasteiger partial charge in [-0.05, 0) is 32.8 Å². The van der Waals surface area contributed by atoms with Crippen molar-refractivity contribution >= 4 is 29.5 Å². The Labute approximate surface area is 140 Å². The van der Waals surface area contributed by atoms with E-state index >= 15 is 0 Å². The van der Waals surface area contributed by atoms with Gasteiger partial charge in [-0.2, -0.15) is 13.2 Å². The van der Waals surface area contributed by atoms with E-state index < -0.39 is 11.7 Å². The Bertz CT molecular complexity index is 403. The number of carbonyl (C=O) groups is 1. The minimum Gasteiger partial charge on any atom is -0.304 e. The molecule has 0 aliphatic carbocycles. The number of benzene rings is 1. The molecule has 0 saturated carbocycles. The van der Waals surface area contributed by atoms with Crippen LogP contribution in [-0.4, -0.2) is 17.5 Å². The normalized spacial score (nSPS) is 13.0. The molecular weight excluding hydrogens is 336 g/mol. The van der Waals surface area contributed by atoms with Crippen LogP contribution in [-0.2, 0) is 11.0 Å². The smallest absolute Gasteiger partial charge is 0.304 e. The first-order valence-electron chi connectivity index (χ1n) is 6.87. The average molecular weight is 359 g/mol. The second-order valence-electron chi connectivity index (χ2n) is 4.60. The maximum atomic E-state index is 12.0. The molecule has 1 nitrogen and oxygen atoms in total. The summed E-state index contributed by atoms with van der Waals surface area (Å²) < 4.78 is 35.9. The zero-order valence-electron chi connectivity index (χ0n) is 13.3. The molecule has 0 aromatic heterocycles. The molecule has 0 heterocycles. The van der Waals surface area contributed by atoms with Crippen LogP contribution >= 0.6 is 23.2 Å². The highest BCUT2D eigenvalue weighted by atomic mass is 35.5. The lowest BCUT2D eigenvalue weighted by atomic mass is 10.1. The monoisotopic (exact) mass is 358 g/mol. The van der Waals surface area contributed by atoms with Gasteiger partial charge in [0.15, 0.2) is 0 Å². The van der Waals surface area contributed by atoms with E-state index in [2.05, 4.69) is 6.92 Å². The van der Waals surface area contributed by atoms with Gasteiger partial charge in [-0.25, -0.2) is 0 Å². The maximum Gasteiger partial charge on any atom is 0.416 e. The van der Waals surface area contributed by atoms with Gasteiger partial charge in [0.25, 0.3) is 0 Å². The van der Waals surface area contributed by atoms with E-state index in [4.69, 9.17) is 28.0 Å². The Kier molecular flexibility index (Phi) is 13.7. The third-order valence-corrected chi connectivity index (χ3v) is 3.47. The predicted molar refractivity (Wildman–Crippen MR) is 87.7 cm³/mol. The highest BCUT2D eigenvalue weighted by molar-refractivity contribution is 6.22. The van der Waals surface area contributed by atoms with Crippen LogP contribution in [0.3, 0.4) is 0 Å². The summed E-state index contributed by atoms with van der Waals surface area (Å²) in [6.07, 6.45) is -2.39. The molecule has 0 fully saturated rings. The summed E-state index contributed by atoms with van der Waals surface area (Å²) >= 11 is 11.3. The summed E-state index contributed by atoms with van der Waals surface area (Å²) in [7, 11) is 0. The van der Waals surface area contributed by atoms with Gasteiger partial charge in [0.05, 0.1) is 5.56 Å². The zero-order valence-corrected chi connectivity index (χ0v) is 14.8. The molecule has 0 N–H and O–H groups in total. The SMILES string of the molecule is CC=O.CCC(CCl)C(C)Cl.Cc1cccc(C(F)(F)F)c1. The van der Waals surface area contributed by atoms with Crippen LogP contribution in [0.2, 0.25) is 0 Å². The van der Waals surface area contributed by atoms with Gasteiger partial charge in [0.1, 0.15) is 6.29 Å². The lowest BCUT2D eigenvalue weighted by Crippen LogP contribution is -2.11. The molecule has 0 amide bonds. The van der Waals surface area contributed by atoms with Crippen LogP contribution in [0, 0.1) is 12.8 Å². The van der Waals surface area contributed by atoms with Crippen molar-refractivity contribution in [1.82, 2.24) is 0 Å². The Hall–Kier alpha value is -0.740. The minimum absolute atomic E-state index is 0.220. The molecule has 2 unspecified atom stereocenters. The van der Waals surface area contributed by atoms with E-state index in [-0.39, 0.29) is 5.38 Å². The highest BCUT2D eigenvalue weighted by Crippen LogP contribution is 2.29. The van der Waals surface area contributed by atoms with Gasteiger partial charge < -0.3 is 4.79 Å². The topological polar surface area (TPSA) is 17.1 Å². The summed E-state index contributed by atoms with van der Waals surface area (Å²) in [5.41, 5.74) is 0.0392. The van der Waals surface area contributed by atoms with E-state index in [0.29, 0.717) is 17.4 Å². The van der Waals surface area contributed by atoms with Gasteiger partial charge in [-0.3, -0.25) is 0 Å². The van der Waals surface area contributed by atoms with Crippen LogP contribution < -0.4 is 0 Å². The first kappa shape index (κ1) is 23.5. The first-order chi connectivity index (χ1) is 10.1. The van der Waals surface area contributed by atoms with Crippen LogP contribution in [0.4, 0.5) is 13.2 Å². The molecule has 128 valence electrons. The summed E-state index contributed by atoms with van der Waals surface area (Å²) in [4.78, 5) is 8.81. The molecule has 0 saturated heterocycles. The van der Waals surface area contributed by atoms with Crippen molar-refractivity contribution in [2.75, 3.05) is 5.88 Å². The fourth-order valence-corrected chi connectivity index (χ4v) is 2.22. The zero-order chi connectivity index (χ0) is 17.8. The Balaban J connectivity index is 0. The Morgan fingerprint density at radius 2 is 1.82 bits per heavy atom. The maximum absolute atomic E-state index is 12.0. The van der Waals surface area contributed by atoms with Gasteiger partial charge in [-0.15, -0.1) is 23.2 Å². The van der Waals surface area contributed by atoms with E-state index in [1.54, 1.807) is 13.0 Å². The Morgan fingerprint density at radius 1 is 1.32 bits per heavy atom. The molecule has 1 aromatic rings. The third kappa shape index (κ3) is 11.9. The molecule has 1 aromatic carbocycles. The fraction of sp³-hybridized carbons (Fsp3) is 0.562. The number of alkyl halides is 5. The minimum atomic E-state index is -4.22. The number of rotatable bonds is 3. The molecule has 6 heteroatoms. The second-order valence-corrected chi connectivity index (χ2v) is 5.60. The van der Waals surface area contributed by atoms with Gasteiger partial charge in [0, 0.05) is 11.3 Å². The molecule has 0 spiro atoms. The van der Waals surface area contributed by atoms with Gasteiger partial charge in [-0.1, -0.05) is 37.1 Å². The number of aldehydes is 1. The fourth-order valence-electron chi connectivity index (χ4n) is 1.38. The van der Waals surface area contributed by atoms with Gasteiger partial charge >= 0.3 is 6.18 Å². The molecular formula is C16H23Cl2F3O. The molecule has 0 radical (unpaired) electrons. The number of hydrogen-bond acceptors (Lipinski definition) is 1. The van der Waals surface area contributed by atoms with Crippen LogP contribution in [0.15, 0.2) is 24.3 Å². The molecule has 1 rings (SSSR count).